The van der Waals surface area contributed by atoms with E-state index in [9.17, 15) is 0 Å². The van der Waals surface area contributed by atoms with Crippen LogP contribution in [0.15, 0.2) is 109 Å². The summed E-state index contributed by atoms with van der Waals surface area (Å²) in [6, 6.07) is 22.7. The summed E-state index contributed by atoms with van der Waals surface area (Å²) in [6.07, 6.45) is 0. The van der Waals surface area contributed by atoms with E-state index >= 15 is 0 Å². The Kier molecular flexibility index (Phi) is 4.14. The molecule has 0 N–H and O–H groups in total. The van der Waals surface area contributed by atoms with E-state index in [2.05, 4.69) is 36.4 Å². The zero-order valence-corrected chi connectivity index (χ0v) is 24.0. The second-order valence-electron chi connectivity index (χ2n) is 11.5. The smallest absolute Gasteiger partial charge is 0.399 e. The molecule has 0 amide bonds. The average molecular weight is 558 g/mol. The molecule has 1 aliphatic heterocycles. The van der Waals surface area contributed by atoms with Gasteiger partial charge in [0.15, 0.2) is 0 Å². The molecule has 5 aromatic carbocycles. The number of fused-ring (bicyclic) bond motifs is 6. The van der Waals surface area contributed by atoms with Crippen molar-refractivity contribution in [3.05, 3.63) is 109 Å². The third-order valence-corrected chi connectivity index (χ3v) is 9.84. The predicted molar refractivity (Wildman–Crippen MR) is 175 cm³/mol. The Morgan fingerprint density at radius 2 is 1.37 bits per heavy atom. The molecule has 0 radical (unpaired) electrons. The van der Waals surface area contributed by atoms with E-state index in [1.165, 1.54) is 27.6 Å². The summed E-state index contributed by atoms with van der Waals surface area (Å²) >= 11 is 1.74. The number of aromatic nitrogens is 1. The number of thiophene rings is 1. The zero-order chi connectivity index (χ0) is 33.2. The number of hydrogen-bond acceptors (Lipinski definition) is 3. The fourth-order valence-corrected chi connectivity index (χ4v) is 7.05. The molecule has 0 aliphatic carbocycles. The van der Waals surface area contributed by atoms with Crippen LogP contribution in [0.25, 0.3) is 58.8 Å². The standard InChI is InChI=1S/C36H30BNO2S/c1-35(2)36(3,4)40-37(39-35)29-22-23(24-15-11-16-28-27-14-7-10-19-33(27)41-34(24)28)20-21-32(29)38-30-17-8-5-12-25(30)26-13-6-9-18-31(26)38/h5-22H,1-4H3/i5D,6D,12D,13D,17D,18D. The molecule has 8 rings (SSSR count). The summed E-state index contributed by atoms with van der Waals surface area (Å²) in [7, 11) is -0.815. The van der Waals surface area contributed by atoms with Crippen LogP contribution in [0.4, 0.5) is 0 Å². The number of benzene rings is 5. The highest BCUT2D eigenvalue weighted by Crippen LogP contribution is 2.42. The van der Waals surface area contributed by atoms with Crippen molar-refractivity contribution in [1.82, 2.24) is 4.57 Å². The molecule has 2 aromatic heterocycles. The Morgan fingerprint density at radius 3 is 2.07 bits per heavy atom. The number of para-hydroxylation sites is 2. The second-order valence-corrected chi connectivity index (χ2v) is 12.6. The highest BCUT2D eigenvalue weighted by molar-refractivity contribution is 7.26. The van der Waals surface area contributed by atoms with Gasteiger partial charge in [0.1, 0.15) is 0 Å². The lowest BCUT2D eigenvalue weighted by atomic mass is 9.76. The summed E-state index contributed by atoms with van der Waals surface area (Å²) in [4.78, 5) is 0. The summed E-state index contributed by atoms with van der Waals surface area (Å²) in [5.41, 5.74) is 2.53. The molecular weight excluding hydrogens is 521 g/mol. The van der Waals surface area contributed by atoms with Crippen molar-refractivity contribution in [3.8, 4) is 16.8 Å². The van der Waals surface area contributed by atoms with Crippen molar-refractivity contribution in [2.45, 2.75) is 38.9 Å². The number of hydrogen-bond donors (Lipinski definition) is 0. The molecule has 0 unspecified atom stereocenters. The second kappa shape index (κ2) is 8.80. The van der Waals surface area contributed by atoms with Crippen LogP contribution >= 0.6 is 11.3 Å². The van der Waals surface area contributed by atoms with Crippen LogP contribution in [-0.4, -0.2) is 22.9 Å². The van der Waals surface area contributed by atoms with Crippen molar-refractivity contribution in [3.63, 3.8) is 0 Å². The fraction of sp³-hybridized carbons (Fsp3) is 0.167. The maximum atomic E-state index is 8.99. The van der Waals surface area contributed by atoms with E-state index < -0.39 is 18.3 Å². The molecule has 1 fully saturated rings. The first-order valence-corrected chi connectivity index (χ1v) is 14.5. The van der Waals surface area contributed by atoms with Gasteiger partial charge in [-0.3, -0.25) is 0 Å². The molecule has 0 saturated carbocycles. The molecule has 0 spiro atoms. The van der Waals surface area contributed by atoms with Gasteiger partial charge in [0.05, 0.1) is 30.5 Å². The fourth-order valence-electron chi connectivity index (χ4n) is 5.81. The van der Waals surface area contributed by atoms with Crippen molar-refractivity contribution in [2.75, 3.05) is 0 Å². The Labute approximate surface area is 252 Å². The quantitative estimate of drug-likeness (QED) is 0.202. The Balaban J connectivity index is 1.48. The SMILES string of the molecule is [2H]c1cc([2H])c2c(c1[2H])c1c([2H])c([2H])cc([2H])c1n2-c1ccc(-c2cccc3c2sc2ccccc23)cc1B1OC(C)(C)C(C)(C)O1. The van der Waals surface area contributed by atoms with E-state index in [0.29, 0.717) is 22.2 Å². The minimum Gasteiger partial charge on any atom is -0.399 e. The van der Waals surface area contributed by atoms with Gasteiger partial charge in [-0.2, -0.15) is 0 Å². The van der Waals surface area contributed by atoms with Gasteiger partial charge < -0.3 is 13.9 Å². The van der Waals surface area contributed by atoms with Crippen LogP contribution < -0.4 is 5.46 Å². The molecule has 0 atom stereocenters. The Bertz CT molecular complexity index is 2380. The van der Waals surface area contributed by atoms with Gasteiger partial charge in [-0.15, -0.1) is 11.3 Å². The molecule has 0 bridgehead atoms. The van der Waals surface area contributed by atoms with Crippen molar-refractivity contribution < 1.29 is 17.5 Å². The van der Waals surface area contributed by atoms with Crippen molar-refractivity contribution >= 4 is 65.9 Å². The average Bonchev–Trinajstić information content (AvgIpc) is 3.66. The van der Waals surface area contributed by atoms with Crippen LogP contribution in [0.2, 0.25) is 0 Å². The summed E-state index contributed by atoms with van der Waals surface area (Å²) in [5.74, 6) is 0. The molecule has 1 saturated heterocycles. The van der Waals surface area contributed by atoms with Crippen LogP contribution in [0.1, 0.15) is 35.9 Å². The molecule has 5 heteroatoms. The van der Waals surface area contributed by atoms with Crippen LogP contribution in [-0.2, 0) is 9.31 Å². The first kappa shape index (κ1) is 19.3. The largest absolute Gasteiger partial charge is 0.497 e. The van der Waals surface area contributed by atoms with E-state index in [-0.39, 0.29) is 47.0 Å². The van der Waals surface area contributed by atoms with E-state index in [4.69, 9.17) is 17.5 Å². The lowest BCUT2D eigenvalue weighted by Gasteiger charge is -2.32. The van der Waals surface area contributed by atoms with Crippen LogP contribution in [0, 0.1) is 0 Å². The van der Waals surface area contributed by atoms with E-state index in [1.807, 2.05) is 52.0 Å². The monoisotopic (exact) mass is 557 g/mol. The molecule has 3 heterocycles. The third-order valence-electron chi connectivity index (χ3n) is 8.62. The normalized spacial score (nSPS) is 18.5. The molecule has 3 nitrogen and oxygen atoms in total. The highest BCUT2D eigenvalue weighted by Gasteiger charge is 2.52. The predicted octanol–water partition coefficient (Wildman–Crippen LogP) is 9.12. The van der Waals surface area contributed by atoms with Gasteiger partial charge in [0, 0.05) is 42.1 Å². The third kappa shape index (κ3) is 3.66. The highest BCUT2D eigenvalue weighted by atomic mass is 32.1. The summed E-state index contributed by atoms with van der Waals surface area (Å²) < 4.78 is 69.8. The van der Waals surface area contributed by atoms with Gasteiger partial charge in [-0.05, 0) is 63.0 Å². The maximum absolute atomic E-state index is 8.99. The summed E-state index contributed by atoms with van der Waals surface area (Å²) in [6.45, 7) is 7.96. The zero-order valence-electron chi connectivity index (χ0n) is 29.2. The molecule has 7 aromatic rings. The first-order valence-electron chi connectivity index (χ1n) is 16.7. The minimum absolute atomic E-state index is 0.0125. The number of rotatable bonds is 3. The molecule has 41 heavy (non-hydrogen) atoms. The first-order chi connectivity index (χ1) is 22.3. The lowest BCUT2D eigenvalue weighted by Crippen LogP contribution is -2.41. The Morgan fingerprint density at radius 1 is 0.707 bits per heavy atom. The van der Waals surface area contributed by atoms with E-state index in [1.54, 1.807) is 15.9 Å². The van der Waals surface area contributed by atoms with Crippen molar-refractivity contribution in [2.24, 2.45) is 0 Å². The van der Waals surface area contributed by atoms with Gasteiger partial charge >= 0.3 is 7.12 Å². The Hall–Kier alpha value is -3.90. The maximum Gasteiger partial charge on any atom is 0.497 e. The van der Waals surface area contributed by atoms with Crippen molar-refractivity contribution in [1.29, 1.82) is 0 Å². The van der Waals surface area contributed by atoms with Crippen LogP contribution in [0.5, 0.6) is 0 Å². The minimum atomic E-state index is -0.815. The van der Waals surface area contributed by atoms with Crippen LogP contribution in [0.3, 0.4) is 0 Å². The van der Waals surface area contributed by atoms with Gasteiger partial charge in [-0.25, -0.2) is 0 Å². The molecule has 1 aliphatic rings. The van der Waals surface area contributed by atoms with E-state index in [0.717, 1.165) is 15.8 Å². The summed E-state index contributed by atoms with van der Waals surface area (Å²) in [5, 5.41) is 2.80. The van der Waals surface area contributed by atoms with Gasteiger partial charge in [0.25, 0.3) is 0 Å². The molecule has 200 valence electrons. The van der Waals surface area contributed by atoms with Gasteiger partial charge in [-0.1, -0.05) is 84.8 Å². The van der Waals surface area contributed by atoms with Gasteiger partial charge in [0.2, 0.25) is 0 Å². The molecular formula is C36H30BNO2S. The topological polar surface area (TPSA) is 23.4 Å². The lowest BCUT2D eigenvalue weighted by molar-refractivity contribution is 0.00578. The number of nitrogens with zero attached hydrogens (tertiary/aromatic N) is 1.